The topological polar surface area (TPSA) is 90.2 Å². The van der Waals surface area contributed by atoms with Crippen LogP contribution in [0.2, 0.25) is 0 Å². The Hall–Kier alpha value is -1.58. The first-order valence-electron chi connectivity index (χ1n) is 4.64. The van der Waals surface area contributed by atoms with Crippen LogP contribution in [0.5, 0.6) is 0 Å². The third-order valence-electron chi connectivity index (χ3n) is 1.88. The van der Waals surface area contributed by atoms with Crippen molar-refractivity contribution in [2.75, 3.05) is 17.1 Å². The average Bonchev–Trinajstić information content (AvgIpc) is 2.21. The molecule has 0 saturated heterocycles. The summed E-state index contributed by atoms with van der Waals surface area (Å²) in [6.45, 7) is 0.0551. The van der Waals surface area contributed by atoms with Crippen molar-refractivity contribution in [2.24, 2.45) is 0 Å². The standard InChI is InChI=1S/C10H12N2O3S/c11-6-8-16(14,15)12-10-3-1-9(2-4-10)5-7-13/h1-4,12-13H,5,7-8H2. The molecule has 0 unspecified atom stereocenters. The van der Waals surface area contributed by atoms with E-state index in [2.05, 4.69) is 4.72 Å². The van der Waals surface area contributed by atoms with Gasteiger partial charge in [0.05, 0.1) is 6.07 Å². The molecule has 0 aliphatic rings. The van der Waals surface area contributed by atoms with Crippen molar-refractivity contribution in [1.29, 1.82) is 5.26 Å². The zero-order chi connectivity index (χ0) is 12.0. The maximum absolute atomic E-state index is 11.2. The number of aliphatic hydroxyl groups is 1. The number of nitrogens with one attached hydrogen (secondary N) is 1. The van der Waals surface area contributed by atoms with Crippen LogP contribution in [0.4, 0.5) is 5.69 Å². The summed E-state index contributed by atoms with van der Waals surface area (Å²) in [5.74, 6) is -0.564. The summed E-state index contributed by atoms with van der Waals surface area (Å²) < 4.78 is 24.7. The lowest BCUT2D eigenvalue weighted by Gasteiger charge is -2.05. The lowest BCUT2D eigenvalue weighted by Crippen LogP contribution is -2.15. The zero-order valence-electron chi connectivity index (χ0n) is 8.55. The Balaban J connectivity index is 2.73. The smallest absolute Gasteiger partial charge is 0.246 e. The molecule has 0 saturated carbocycles. The van der Waals surface area contributed by atoms with Crippen LogP contribution in [0.25, 0.3) is 0 Å². The van der Waals surface area contributed by atoms with Crippen LogP contribution < -0.4 is 4.72 Å². The van der Waals surface area contributed by atoms with E-state index in [-0.39, 0.29) is 6.61 Å². The highest BCUT2D eigenvalue weighted by Crippen LogP contribution is 2.11. The highest BCUT2D eigenvalue weighted by Gasteiger charge is 2.08. The molecule has 1 aromatic rings. The van der Waals surface area contributed by atoms with Gasteiger partial charge in [0.1, 0.15) is 0 Å². The Morgan fingerprint density at radius 3 is 2.44 bits per heavy atom. The second-order valence-electron chi connectivity index (χ2n) is 3.19. The monoisotopic (exact) mass is 240 g/mol. The van der Waals surface area contributed by atoms with Crippen LogP contribution in [0.15, 0.2) is 24.3 Å². The highest BCUT2D eigenvalue weighted by molar-refractivity contribution is 7.92. The minimum atomic E-state index is -3.57. The fraction of sp³-hybridized carbons (Fsp3) is 0.300. The van der Waals surface area contributed by atoms with E-state index in [1.54, 1.807) is 30.3 Å². The number of aliphatic hydroxyl groups excluding tert-OH is 1. The number of anilines is 1. The summed E-state index contributed by atoms with van der Waals surface area (Å²) in [5.41, 5.74) is 1.34. The van der Waals surface area contributed by atoms with E-state index in [0.717, 1.165) is 5.56 Å². The van der Waals surface area contributed by atoms with Gasteiger partial charge < -0.3 is 5.11 Å². The lowest BCUT2D eigenvalue weighted by atomic mass is 10.1. The summed E-state index contributed by atoms with van der Waals surface area (Å²) in [4.78, 5) is 0. The second kappa shape index (κ2) is 5.49. The van der Waals surface area contributed by atoms with Crippen LogP contribution in [0.3, 0.4) is 0 Å². The zero-order valence-corrected chi connectivity index (χ0v) is 9.37. The summed E-state index contributed by atoms with van der Waals surface area (Å²) in [6, 6.07) is 8.22. The van der Waals surface area contributed by atoms with Crippen molar-refractivity contribution in [3.63, 3.8) is 0 Å². The van der Waals surface area contributed by atoms with Gasteiger partial charge in [-0.1, -0.05) is 12.1 Å². The minimum Gasteiger partial charge on any atom is -0.396 e. The molecule has 0 radical (unpaired) electrons. The molecule has 16 heavy (non-hydrogen) atoms. The molecule has 1 aromatic carbocycles. The maximum atomic E-state index is 11.2. The molecule has 0 fully saturated rings. The maximum Gasteiger partial charge on any atom is 0.246 e. The van der Waals surface area contributed by atoms with Crippen LogP contribution in [0.1, 0.15) is 5.56 Å². The van der Waals surface area contributed by atoms with E-state index in [1.165, 1.54) is 0 Å². The Bertz CT molecular complexity index is 474. The molecule has 2 N–H and O–H groups in total. The van der Waals surface area contributed by atoms with Gasteiger partial charge in [-0.25, -0.2) is 8.42 Å². The largest absolute Gasteiger partial charge is 0.396 e. The normalized spacial score (nSPS) is 10.8. The Morgan fingerprint density at radius 1 is 1.31 bits per heavy atom. The molecule has 0 amide bonds. The van der Waals surface area contributed by atoms with Crippen LogP contribution in [-0.4, -0.2) is 25.9 Å². The number of hydrogen-bond donors (Lipinski definition) is 2. The van der Waals surface area contributed by atoms with E-state index in [9.17, 15) is 8.42 Å². The number of sulfonamides is 1. The summed E-state index contributed by atoms with van der Waals surface area (Å²) in [6.07, 6.45) is 0.533. The molecule has 0 aromatic heterocycles. The predicted octanol–water partition coefficient (Wildman–Crippen LogP) is 0.487. The lowest BCUT2D eigenvalue weighted by molar-refractivity contribution is 0.299. The Kier molecular flexibility index (Phi) is 4.28. The quantitative estimate of drug-likeness (QED) is 0.783. The van der Waals surface area contributed by atoms with E-state index < -0.39 is 15.8 Å². The van der Waals surface area contributed by atoms with Crippen molar-refractivity contribution < 1.29 is 13.5 Å². The third-order valence-corrected chi connectivity index (χ3v) is 2.94. The molecule has 0 aliphatic carbocycles. The number of nitrogens with zero attached hydrogens (tertiary/aromatic N) is 1. The van der Waals surface area contributed by atoms with E-state index in [4.69, 9.17) is 10.4 Å². The molecule has 1 rings (SSSR count). The van der Waals surface area contributed by atoms with Crippen molar-refractivity contribution in [3.05, 3.63) is 29.8 Å². The summed E-state index contributed by atoms with van der Waals surface area (Å²) in [5, 5.41) is 17.0. The van der Waals surface area contributed by atoms with Gasteiger partial charge in [-0.05, 0) is 24.1 Å². The predicted molar refractivity (Wildman–Crippen MR) is 60.3 cm³/mol. The first kappa shape index (κ1) is 12.5. The Labute approximate surface area is 94.4 Å². The molecule has 0 bridgehead atoms. The van der Waals surface area contributed by atoms with Gasteiger partial charge in [-0.2, -0.15) is 5.26 Å². The molecule has 0 aliphatic heterocycles. The fourth-order valence-electron chi connectivity index (χ4n) is 1.17. The fourth-order valence-corrected chi connectivity index (χ4v) is 1.91. The number of hydrogen-bond acceptors (Lipinski definition) is 4. The average molecular weight is 240 g/mol. The molecule has 6 heteroatoms. The molecular weight excluding hydrogens is 228 g/mol. The van der Waals surface area contributed by atoms with E-state index in [1.807, 2.05) is 0 Å². The van der Waals surface area contributed by atoms with E-state index in [0.29, 0.717) is 12.1 Å². The van der Waals surface area contributed by atoms with E-state index >= 15 is 0 Å². The third kappa shape index (κ3) is 3.88. The molecule has 0 spiro atoms. The van der Waals surface area contributed by atoms with Gasteiger partial charge in [0.15, 0.2) is 5.75 Å². The summed E-state index contributed by atoms with van der Waals surface area (Å²) in [7, 11) is -3.57. The van der Waals surface area contributed by atoms with Gasteiger partial charge in [0, 0.05) is 12.3 Å². The van der Waals surface area contributed by atoms with Gasteiger partial charge >= 0.3 is 0 Å². The van der Waals surface area contributed by atoms with Crippen molar-refractivity contribution >= 4 is 15.7 Å². The molecular formula is C10H12N2O3S. The SMILES string of the molecule is N#CCS(=O)(=O)Nc1ccc(CCO)cc1. The van der Waals surface area contributed by atoms with Gasteiger partial charge in [0.25, 0.3) is 0 Å². The Morgan fingerprint density at radius 2 is 1.94 bits per heavy atom. The van der Waals surface area contributed by atoms with Crippen LogP contribution >= 0.6 is 0 Å². The van der Waals surface area contributed by atoms with Crippen LogP contribution in [-0.2, 0) is 16.4 Å². The molecule has 0 heterocycles. The first-order valence-corrected chi connectivity index (χ1v) is 6.30. The van der Waals surface area contributed by atoms with Crippen molar-refractivity contribution in [3.8, 4) is 6.07 Å². The minimum absolute atomic E-state index is 0.0551. The van der Waals surface area contributed by atoms with Gasteiger partial charge in [-0.3, -0.25) is 4.72 Å². The highest BCUT2D eigenvalue weighted by atomic mass is 32.2. The van der Waals surface area contributed by atoms with Crippen molar-refractivity contribution in [2.45, 2.75) is 6.42 Å². The molecule has 86 valence electrons. The first-order chi connectivity index (χ1) is 7.57. The number of nitriles is 1. The van der Waals surface area contributed by atoms with Gasteiger partial charge in [0.2, 0.25) is 10.0 Å². The second-order valence-corrected chi connectivity index (χ2v) is 4.91. The summed E-state index contributed by atoms with van der Waals surface area (Å²) >= 11 is 0. The van der Waals surface area contributed by atoms with Gasteiger partial charge in [-0.15, -0.1) is 0 Å². The molecule has 5 nitrogen and oxygen atoms in total. The van der Waals surface area contributed by atoms with Crippen molar-refractivity contribution in [1.82, 2.24) is 0 Å². The molecule has 0 atom stereocenters. The number of benzene rings is 1. The number of rotatable bonds is 5. The van der Waals surface area contributed by atoms with Crippen LogP contribution in [0, 0.1) is 11.3 Å².